The Bertz CT molecular complexity index is 909. The molecule has 2 aliphatic rings. The van der Waals surface area contributed by atoms with Crippen molar-refractivity contribution < 1.29 is 4.79 Å². The van der Waals surface area contributed by atoms with Crippen LogP contribution in [-0.2, 0) is 16.8 Å². The van der Waals surface area contributed by atoms with Gasteiger partial charge in [-0.2, -0.15) is 0 Å². The molecule has 0 spiro atoms. The molecule has 2 nitrogen and oxygen atoms in total. The summed E-state index contributed by atoms with van der Waals surface area (Å²) < 4.78 is 0. The summed E-state index contributed by atoms with van der Waals surface area (Å²) in [4.78, 5) is 14.8. The Labute approximate surface area is 154 Å². The molecule has 0 bridgehead atoms. The molecule has 2 heteroatoms. The van der Waals surface area contributed by atoms with E-state index in [-0.39, 0.29) is 17.4 Å². The summed E-state index contributed by atoms with van der Waals surface area (Å²) in [6.45, 7) is 0.723. The highest BCUT2D eigenvalue weighted by Crippen LogP contribution is 2.51. The molecule has 0 saturated carbocycles. The average Bonchev–Trinajstić information content (AvgIpc) is 3.08. The Morgan fingerprint density at radius 1 is 0.769 bits per heavy atom. The summed E-state index contributed by atoms with van der Waals surface area (Å²) in [5.74, 6) is 0.278. The van der Waals surface area contributed by atoms with E-state index in [4.69, 9.17) is 0 Å². The number of hydrogen-bond donors (Lipinski definition) is 0. The second-order valence-corrected chi connectivity index (χ2v) is 7.27. The van der Waals surface area contributed by atoms with Gasteiger partial charge in [-0.1, -0.05) is 84.9 Å². The highest BCUT2D eigenvalue weighted by atomic mass is 16.2. The summed E-state index contributed by atoms with van der Waals surface area (Å²) in [6, 6.07) is 30.3. The third kappa shape index (κ3) is 2.02. The van der Waals surface area contributed by atoms with Gasteiger partial charge >= 0.3 is 0 Å². The number of rotatable bonds is 2. The van der Waals surface area contributed by atoms with Crippen LogP contribution in [-0.4, -0.2) is 16.8 Å². The second kappa shape index (κ2) is 5.84. The zero-order valence-electron chi connectivity index (χ0n) is 14.6. The van der Waals surface area contributed by atoms with Crippen molar-refractivity contribution in [3.05, 3.63) is 107 Å². The van der Waals surface area contributed by atoms with Crippen LogP contribution in [0.5, 0.6) is 0 Å². The van der Waals surface area contributed by atoms with Crippen molar-refractivity contribution in [2.45, 2.75) is 30.8 Å². The molecule has 26 heavy (non-hydrogen) atoms. The Morgan fingerprint density at radius 3 is 2.00 bits per heavy atom. The topological polar surface area (TPSA) is 20.3 Å². The Balaban J connectivity index is 1.89. The van der Waals surface area contributed by atoms with Crippen molar-refractivity contribution >= 4 is 5.91 Å². The molecule has 3 aromatic carbocycles. The minimum Gasteiger partial charge on any atom is -0.334 e. The fourth-order valence-corrected chi connectivity index (χ4v) is 5.05. The van der Waals surface area contributed by atoms with Crippen LogP contribution in [0.4, 0.5) is 0 Å². The van der Waals surface area contributed by atoms with Crippen molar-refractivity contribution in [3.63, 3.8) is 0 Å². The van der Waals surface area contributed by atoms with E-state index in [2.05, 4.69) is 89.8 Å². The van der Waals surface area contributed by atoms with Gasteiger partial charge in [-0.15, -0.1) is 0 Å². The average molecular weight is 339 g/mol. The van der Waals surface area contributed by atoms with E-state index in [1.807, 2.05) is 0 Å². The maximum Gasteiger partial charge on any atom is 0.223 e. The van der Waals surface area contributed by atoms with Gasteiger partial charge in [0.1, 0.15) is 0 Å². The largest absolute Gasteiger partial charge is 0.334 e. The molecule has 1 atom stereocenters. The van der Waals surface area contributed by atoms with Gasteiger partial charge in [0.2, 0.25) is 5.91 Å². The van der Waals surface area contributed by atoms with Crippen molar-refractivity contribution in [2.24, 2.45) is 0 Å². The lowest BCUT2D eigenvalue weighted by atomic mass is 9.61. The molecule has 1 fully saturated rings. The summed E-state index contributed by atoms with van der Waals surface area (Å²) in [7, 11) is 0. The van der Waals surface area contributed by atoms with Gasteiger partial charge in [0.05, 0.1) is 11.5 Å². The van der Waals surface area contributed by atoms with Gasteiger partial charge in [0.25, 0.3) is 0 Å². The Hall–Kier alpha value is -2.87. The molecule has 1 saturated heterocycles. The molecule has 128 valence electrons. The van der Waals surface area contributed by atoms with E-state index < -0.39 is 0 Å². The monoisotopic (exact) mass is 339 g/mol. The molecule has 1 amide bonds. The van der Waals surface area contributed by atoms with Crippen LogP contribution < -0.4 is 0 Å². The number of benzene rings is 3. The van der Waals surface area contributed by atoms with E-state index in [1.54, 1.807) is 0 Å². The van der Waals surface area contributed by atoms with Gasteiger partial charge in [-0.25, -0.2) is 0 Å². The third-order valence-corrected chi connectivity index (χ3v) is 6.07. The van der Waals surface area contributed by atoms with Gasteiger partial charge in [0, 0.05) is 13.0 Å². The van der Waals surface area contributed by atoms with Crippen LogP contribution in [0.15, 0.2) is 84.9 Å². The lowest BCUT2D eigenvalue weighted by molar-refractivity contribution is -0.130. The summed E-state index contributed by atoms with van der Waals surface area (Å²) in [6.07, 6.45) is 1.54. The smallest absolute Gasteiger partial charge is 0.223 e. The minimum absolute atomic E-state index is 0.162. The summed E-state index contributed by atoms with van der Waals surface area (Å²) in [5.41, 5.74) is 4.81. The second-order valence-electron chi connectivity index (χ2n) is 7.27. The lowest BCUT2D eigenvalue weighted by Gasteiger charge is -2.49. The maximum absolute atomic E-state index is 12.7. The minimum atomic E-state index is -0.316. The summed E-state index contributed by atoms with van der Waals surface area (Å²) in [5, 5.41) is 0. The van der Waals surface area contributed by atoms with Crippen molar-refractivity contribution in [1.82, 2.24) is 4.90 Å². The maximum atomic E-state index is 12.7. The molecule has 3 aromatic rings. The zero-order valence-corrected chi connectivity index (χ0v) is 14.6. The number of nitrogens with zero attached hydrogens (tertiary/aromatic N) is 1. The van der Waals surface area contributed by atoms with E-state index in [1.165, 1.54) is 22.3 Å². The lowest BCUT2D eigenvalue weighted by Crippen LogP contribution is -2.53. The number of carbonyl (C=O) groups excluding carboxylic acids is 1. The van der Waals surface area contributed by atoms with Crippen LogP contribution in [0.25, 0.3) is 0 Å². The fourth-order valence-electron chi connectivity index (χ4n) is 5.05. The fraction of sp³-hybridized carbons (Fsp3) is 0.208. The highest BCUT2D eigenvalue weighted by molar-refractivity contribution is 5.81. The van der Waals surface area contributed by atoms with E-state index >= 15 is 0 Å². The molecule has 1 unspecified atom stereocenters. The first-order valence-electron chi connectivity index (χ1n) is 9.30. The van der Waals surface area contributed by atoms with Crippen LogP contribution >= 0.6 is 0 Å². The molecule has 0 N–H and O–H groups in total. The summed E-state index contributed by atoms with van der Waals surface area (Å²) >= 11 is 0. The van der Waals surface area contributed by atoms with Gasteiger partial charge < -0.3 is 4.90 Å². The molecule has 2 heterocycles. The molecule has 0 aromatic heterocycles. The Morgan fingerprint density at radius 2 is 1.35 bits per heavy atom. The van der Waals surface area contributed by atoms with Crippen LogP contribution in [0.2, 0.25) is 0 Å². The molecule has 5 rings (SSSR count). The first-order chi connectivity index (χ1) is 12.8. The predicted octanol–water partition coefficient (Wildman–Crippen LogP) is 4.53. The third-order valence-electron chi connectivity index (χ3n) is 6.07. The van der Waals surface area contributed by atoms with Crippen LogP contribution in [0, 0.1) is 0 Å². The van der Waals surface area contributed by atoms with Crippen molar-refractivity contribution in [2.75, 3.05) is 0 Å². The standard InChI is InChI=1S/C24H21NO/c26-23-16-15-22-24(19-10-3-1-4-11-19,20-12-5-2-6-13-20)21-14-8-7-9-18(21)17-25(22)23/h1-14,22H,15-17H2. The van der Waals surface area contributed by atoms with Gasteiger partial charge in [-0.3, -0.25) is 4.79 Å². The predicted molar refractivity (Wildman–Crippen MR) is 103 cm³/mol. The van der Waals surface area contributed by atoms with E-state index in [0.29, 0.717) is 6.42 Å². The molecule has 0 radical (unpaired) electrons. The highest BCUT2D eigenvalue weighted by Gasteiger charge is 2.53. The molecule has 2 aliphatic heterocycles. The number of carbonyl (C=O) groups is 1. The zero-order chi connectivity index (χ0) is 17.6. The van der Waals surface area contributed by atoms with E-state index in [0.717, 1.165) is 13.0 Å². The Kier molecular flexibility index (Phi) is 3.46. The molecular weight excluding hydrogens is 318 g/mol. The SMILES string of the molecule is O=C1CCC2N1Cc1ccccc1C2(c1ccccc1)c1ccccc1. The van der Waals surface area contributed by atoms with Crippen molar-refractivity contribution in [1.29, 1.82) is 0 Å². The normalized spacial score (nSPS) is 20.5. The van der Waals surface area contributed by atoms with Gasteiger partial charge in [0.15, 0.2) is 0 Å². The molecule has 0 aliphatic carbocycles. The first-order valence-corrected chi connectivity index (χ1v) is 9.30. The number of hydrogen-bond acceptors (Lipinski definition) is 1. The van der Waals surface area contributed by atoms with Crippen LogP contribution in [0.1, 0.15) is 35.1 Å². The number of amides is 1. The van der Waals surface area contributed by atoms with Crippen LogP contribution in [0.3, 0.4) is 0 Å². The molecular formula is C24H21NO. The number of fused-ring (bicyclic) bond motifs is 2. The first kappa shape index (κ1) is 15.4. The van der Waals surface area contributed by atoms with Gasteiger partial charge in [-0.05, 0) is 28.7 Å². The van der Waals surface area contributed by atoms with Crippen molar-refractivity contribution in [3.8, 4) is 0 Å². The quantitative estimate of drug-likeness (QED) is 0.672. The van der Waals surface area contributed by atoms with E-state index in [9.17, 15) is 4.79 Å².